The summed E-state index contributed by atoms with van der Waals surface area (Å²) in [4.78, 5) is 0. The van der Waals surface area contributed by atoms with E-state index in [1.807, 2.05) is 0 Å². The number of nitrogens with zero attached hydrogens (tertiary/aromatic N) is 2. The van der Waals surface area contributed by atoms with Gasteiger partial charge in [-0.05, 0) is 35.2 Å². The van der Waals surface area contributed by atoms with Gasteiger partial charge in [0.15, 0.2) is 0 Å². The van der Waals surface area contributed by atoms with Gasteiger partial charge < -0.3 is 15.6 Å². The molecule has 0 bridgehead atoms. The molecule has 1 aromatic heterocycles. The van der Waals surface area contributed by atoms with E-state index in [0.29, 0.717) is 26.0 Å². The molecule has 2 unspecified atom stereocenters. The van der Waals surface area contributed by atoms with Crippen LogP contribution in [0.15, 0.2) is 10.7 Å². The van der Waals surface area contributed by atoms with Crippen molar-refractivity contribution in [2.45, 2.75) is 37.5 Å². The quantitative estimate of drug-likeness (QED) is 0.870. The Morgan fingerprint density at radius 2 is 2.53 bits per heavy atom. The minimum absolute atomic E-state index is 0.0673. The van der Waals surface area contributed by atoms with Crippen molar-refractivity contribution in [3.05, 3.63) is 16.4 Å². The van der Waals surface area contributed by atoms with Crippen LogP contribution in [-0.2, 0) is 16.9 Å². The lowest BCUT2D eigenvalue weighted by molar-refractivity contribution is 0.0314. The maximum Gasteiger partial charge on any atom is 0.109 e. The van der Waals surface area contributed by atoms with Crippen LogP contribution in [0.2, 0.25) is 0 Å². The predicted octanol–water partition coefficient (Wildman–Crippen LogP) is 0.991. The highest BCUT2D eigenvalue weighted by molar-refractivity contribution is 9.10. The van der Waals surface area contributed by atoms with Crippen LogP contribution >= 0.6 is 15.9 Å². The summed E-state index contributed by atoms with van der Waals surface area (Å²) in [6.45, 7) is 1.21. The fourth-order valence-electron chi connectivity index (χ4n) is 2.45. The molecule has 17 heavy (non-hydrogen) atoms. The Bertz CT molecular complexity index is 396. The molecule has 1 saturated carbocycles. The number of rotatable bonds is 4. The zero-order valence-electron chi connectivity index (χ0n) is 9.90. The number of nitrogens with two attached hydrogens (primary N) is 1. The van der Waals surface area contributed by atoms with Gasteiger partial charge in [-0.15, -0.1) is 0 Å². The number of aliphatic hydroxyl groups is 1. The van der Waals surface area contributed by atoms with Crippen LogP contribution in [0.4, 0.5) is 0 Å². The minimum Gasteiger partial charge on any atom is -0.383 e. The Hall–Kier alpha value is -0.430. The normalized spacial score (nSPS) is 28.8. The van der Waals surface area contributed by atoms with Crippen molar-refractivity contribution >= 4 is 15.9 Å². The Kier molecular flexibility index (Phi) is 3.87. The first-order valence-electron chi connectivity index (χ1n) is 5.75. The van der Waals surface area contributed by atoms with Gasteiger partial charge >= 0.3 is 0 Å². The molecule has 1 aliphatic carbocycles. The summed E-state index contributed by atoms with van der Waals surface area (Å²) in [6.07, 6.45) is 3.83. The third-order valence-corrected chi connectivity index (χ3v) is 3.85. The van der Waals surface area contributed by atoms with E-state index in [9.17, 15) is 5.11 Å². The molecule has 1 heterocycles. The van der Waals surface area contributed by atoms with Crippen LogP contribution in [0.5, 0.6) is 0 Å². The molecule has 3 N–H and O–H groups in total. The Balaban J connectivity index is 2.27. The van der Waals surface area contributed by atoms with E-state index >= 15 is 0 Å². The zero-order valence-corrected chi connectivity index (χ0v) is 11.5. The summed E-state index contributed by atoms with van der Waals surface area (Å²) >= 11 is 3.45. The highest BCUT2D eigenvalue weighted by atomic mass is 79.9. The van der Waals surface area contributed by atoms with Gasteiger partial charge in [0.05, 0.1) is 29.5 Å². The molecule has 5 nitrogen and oxygen atoms in total. The maximum atomic E-state index is 10.7. The molecule has 2 rings (SSSR count). The van der Waals surface area contributed by atoms with Gasteiger partial charge in [0.2, 0.25) is 0 Å². The second-order valence-corrected chi connectivity index (χ2v) is 5.45. The van der Waals surface area contributed by atoms with E-state index in [1.165, 1.54) is 0 Å². The lowest BCUT2D eigenvalue weighted by atomic mass is 9.97. The van der Waals surface area contributed by atoms with E-state index < -0.39 is 5.60 Å². The van der Waals surface area contributed by atoms with Crippen molar-refractivity contribution in [2.75, 3.05) is 13.7 Å². The molecule has 2 atom stereocenters. The number of ether oxygens (including phenoxy) is 1. The Labute approximate surface area is 109 Å². The van der Waals surface area contributed by atoms with E-state index in [-0.39, 0.29) is 6.04 Å². The zero-order chi connectivity index (χ0) is 12.5. The smallest absolute Gasteiger partial charge is 0.109 e. The number of halogens is 1. The first-order chi connectivity index (χ1) is 8.07. The lowest BCUT2D eigenvalue weighted by Gasteiger charge is -2.24. The standard InChI is InChI=1S/C11H18BrN3O2/c1-17-5-4-15-10(9(12)7-14-15)11(16)3-2-8(13)6-11/h7-8,16H,2-6,13H2,1H3. The average Bonchev–Trinajstić information content (AvgIpc) is 2.80. The third-order valence-electron chi connectivity index (χ3n) is 3.27. The van der Waals surface area contributed by atoms with E-state index in [2.05, 4.69) is 21.0 Å². The third kappa shape index (κ3) is 2.54. The van der Waals surface area contributed by atoms with Gasteiger partial charge in [0, 0.05) is 13.2 Å². The summed E-state index contributed by atoms with van der Waals surface area (Å²) in [7, 11) is 1.65. The molecule has 0 amide bonds. The Morgan fingerprint density at radius 3 is 3.12 bits per heavy atom. The van der Waals surface area contributed by atoms with Crippen LogP contribution in [0, 0.1) is 0 Å². The number of methoxy groups -OCH3 is 1. The second-order valence-electron chi connectivity index (χ2n) is 4.59. The summed E-state index contributed by atoms with van der Waals surface area (Å²) in [5.74, 6) is 0. The molecule has 0 aliphatic heterocycles. The van der Waals surface area contributed by atoms with Gasteiger partial charge in [0.25, 0.3) is 0 Å². The van der Waals surface area contributed by atoms with Crippen LogP contribution < -0.4 is 5.73 Å². The summed E-state index contributed by atoms with van der Waals surface area (Å²) in [5, 5.41) is 14.9. The molecule has 0 saturated heterocycles. The van der Waals surface area contributed by atoms with E-state index in [1.54, 1.807) is 18.0 Å². The van der Waals surface area contributed by atoms with Crippen molar-refractivity contribution < 1.29 is 9.84 Å². The van der Waals surface area contributed by atoms with Gasteiger partial charge in [-0.2, -0.15) is 5.10 Å². The lowest BCUT2D eigenvalue weighted by Crippen LogP contribution is -2.29. The highest BCUT2D eigenvalue weighted by Crippen LogP contribution is 2.41. The van der Waals surface area contributed by atoms with E-state index in [4.69, 9.17) is 10.5 Å². The van der Waals surface area contributed by atoms with Crippen LogP contribution in [0.3, 0.4) is 0 Å². The largest absolute Gasteiger partial charge is 0.383 e. The van der Waals surface area contributed by atoms with Crippen LogP contribution in [0.25, 0.3) is 0 Å². The summed E-state index contributed by atoms with van der Waals surface area (Å²) < 4.78 is 7.68. The number of aromatic nitrogens is 2. The Morgan fingerprint density at radius 1 is 1.76 bits per heavy atom. The van der Waals surface area contributed by atoms with Crippen molar-refractivity contribution in [1.29, 1.82) is 0 Å². The highest BCUT2D eigenvalue weighted by Gasteiger charge is 2.41. The molecule has 1 fully saturated rings. The summed E-state index contributed by atoms with van der Waals surface area (Å²) in [6, 6.07) is 0.0673. The summed E-state index contributed by atoms with van der Waals surface area (Å²) in [5.41, 5.74) is 5.85. The van der Waals surface area contributed by atoms with Crippen molar-refractivity contribution in [2.24, 2.45) is 5.73 Å². The SMILES string of the molecule is COCCn1ncc(Br)c1C1(O)CCC(N)C1. The monoisotopic (exact) mass is 303 g/mol. The van der Waals surface area contributed by atoms with E-state index in [0.717, 1.165) is 16.6 Å². The molecule has 0 radical (unpaired) electrons. The first-order valence-corrected chi connectivity index (χ1v) is 6.55. The van der Waals surface area contributed by atoms with Crippen molar-refractivity contribution in [3.8, 4) is 0 Å². The molecule has 0 spiro atoms. The van der Waals surface area contributed by atoms with Gasteiger partial charge in [0.1, 0.15) is 5.60 Å². The second kappa shape index (κ2) is 5.06. The fraction of sp³-hybridized carbons (Fsp3) is 0.727. The molecule has 1 aliphatic rings. The first kappa shape index (κ1) is 13.0. The fourth-order valence-corrected chi connectivity index (χ4v) is 3.11. The molecular weight excluding hydrogens is 286 g/mol. The van der Waals surface area contributed by atoms with Crippen LogP contribution in [-0.4, -0.2) is 34.6 Å². The number of hydrogen-bond acceptors (Lipinski definition) is 4. The van der Waals surface area contributed by atoms with Gasteiger partial charge in [-0.1, -0.05) is 0 Å². The molecule has 96 valence electrons. The molecule has 0 aromatic carbocycles. The topological polar surface area (TPSA) is 73.3 Å². The molecule has 1 aromatic rings. The maximum absolute atomic E-state index is 10.7. The van der Waals surface area contributed by atoms with Gasteiger partial charge in [-0.3, -0.25) is 4.68 Å². The molecular formula is C11H18BrN3O2. The molecule has 6 heteroatoms. The van der Waals surface area contributed by atoms with Gasteiger partial charge in [-0.25, -0.2) is 0 Å². The van der Waals surface area contributed by atoms with Crippen molar-refractivity contribution in [3.63, 3.8) is 0 Å². The van der Waals surface area contributed by atoms with Crippen LogP contribution in [0.1, 0.15) is 25.0 Å². The minimum atomic E-state index is -0.859. The predicted molar refractivity (Wildman–Crippen MR) is 67.5 cm³/mol. The van der Waals surface area contributed by atoms with Crippen molar-refractivity contribution in [1.82, 2.24) is 9.78 Å². The number of hydrogen-bond donors (Lipinski definition) is 2. The average molecular weight is 304 g/mol.